The molecule has 0 spiro atoms. The maximum absolute atomic E-state index is 12.4. The van der Waals surface area contributed by atoms with E-state index >= 15 is 0 Å². The van der Waals surface area contributed by atoms with Crippen molar-refractivity contribution in [3.63, 3.8) is 0 Å². The lowest BCUT2D eigenvalue weighted by molar-refractivity contribution is -0.122. The van der Waals surface area contributed by atoms with Crippen molar-refractivity contribution in [1.29, 1.82) is 0 Å². The summed E-state index contributed by atoms with van der Waals surface area (Å²) in [5.41, 5.74) is 3.72. The second-order valence-electron chi connectivity index (χ2n) is 7.00. The van der Waals surface area contributed by atoms with E-state index in [1.165, 1.54) is 16.5 Å². The van der Waals surface area contributed by atoms with E-state index in [0.29, 0.717) is 19.1 Å². The number of hydrogen-bond acceptors (Lipinski definition) is 2. The molecule has 2 aromatic carbocycles. The third-order valence-corrected chi connectivity index (χ3v) is 5.29. The van der Waals surface area contributed by atoms with Crippen molar-refractivity contribution in [2.24, 2.45) is 0 Å². The lowest BCUT2D eigenvalue weighted by atomic mass is 10.0. The quantitative estimate of drug-likeness (QED) is 0.715. The number of hydrogen-bond donors (Lipinski definition) is 2. The number of aromatic nitrogens is 1. The van der Waals surface area contributed by atoms with Gasteiger partial charge in [0, 0.05) is 29.7 Å². The van der Waals surface area contributed by atoms with Gasteiger partial charge in [-0.05, 0) is 43.0 Å². The second kappa shape index (κ2) is 7.75. The maximum Gasteiger partial charge on any atom is 0.234 e. The Bertz CT molecular complexity index is 871. The fourth-order valence-electron chi connectivity index (χ4n) is 3.98. The molecule has 3 aromatic rings. The number of carbonyl (C=O) groups is 1. The van der Waals surface area contributed by atoms with Crippen LogP contribution >= 0.6 is 0 Å². The third-order valence-electron chi connectivity index (χ3n) is 5.29. The number of H-pyrrole nitrogens is 1. The van der Waals surface area contributed by atoms with Gasteiger partial charge in [0.2, 0.25) is 5.91 Å². The Morgan fingerprint density at radius 1 is 1.12 bits per heavy atom. The largest absolute Gasteiger partial charge is 0.361 e. The number of amides is 1. The summed E-state index contributed by atoms with van der Waals surface area (Å²) in [6.07, 6.45) is 5.18. The van der Waals surface area contributed by atoms with Gasteiger partial charge in [-0.15, -0.1) is 0 Å². The number of benzene rings is 2. The number of nitrogens with one attached hydrogen (secondary N) is 2. The molecule has 1 atom stereocenters. The van der Waals surface area contributed by atoms with E-state index in [-0.39, 0.29) is 5.91 Å². The fraction of sp³-hybridized carbons (Fsp3) is 0.318. The van der Waals surface area contributed by atoms with Crippen molar-refractivity contribution >= 4 is 16.8 Å². The molecule has 1 aromatic heterocycles. The molecule has 4 rings (SSSR count). The highest BCUT2D eigenvalue weighted by atomic mass is 16.2. The van der Waals surface area contributed by atoms with Crippen molar-refractivity contribution in [3.05, 3.63) is 71.9 Å². The van der Waals surface area contributed by atoms with E-state index < -0.39 is 0 Å². The van der Waals surface area contributed by atoms with Gasteiger partial charge in [0.05, 0.1) is 6.54 Å². The topological polar surface area (TPSA) is 48.1 Å². The Morgan fingerprint density at radius 2 is 1.92 bits per heavy atom. The molecule has 1 aliphatic heterocycles. The number of likely N-dealkylation sites (tertiary alicyclic amines) is 1. The van der Waals surface area contributed by atoms with Crippen LogP contribution in [-0.4, -0.2) is 35.4 Å². The molecule has 1 saturated heterocycles. The number of carbonyl (C=O) groups excluding carboxylic acids is 1. The van der Waals surface area contributed by atoms with Crippen LogP contribution in [0, 0.1) is 0 Å². The molecule has 4 nitrogen and oxygen atoms in total. The minimum Gasteiger partial charge on any atom is -0.361 e. The van der Waals surface area contributed by atoms with Crippen molar-refractivity contribution in [1.82, 2.24) is 15.2 Å². The van der Waals surface area contributed by atoms with Crippen LogP contribution in [0.15, 0.2) is 60.8 Å². The van der Waals surface area contributed by atoms with Crippen LogP contribution in [-0.2, 0) is 11.2 Å². The average molecular weight is 347 g/mol. The van der Waals surface area contributed by atoms with E-state index in [9.17, 15) is 4.79 Å². The molecule has 1 aliphatic rings. The number of nitrogens with zero attached hydrogens (tertiary/aromatic N) is 1. The zero-order valence-corrected chi connectivity index (χ0v) is 14.9. The summed E-state index contributed by atoms with van der Waals surface area (Å²) in [5, 5.41) is 4.33. The molecule has 0 unspecified atom stereocenters. The molecule has 0 aliphatic carbocycles. The average Bonchev–Trinajstić information content (AvgIpc) is 3.30. The van der Waals surface area contributed by atoms with Crippen LogP contribution in [0.1, 0.15) is 30.0 Å². The first-order valence-corrected chi connectivity index (χ1v) is 9.42. The van der Waals surface area contributed by atoms with Crippen molar-refractivity contribution < 1.29 is 4.79 Å². The molecular weight excluding hydrogens is 322 g/mol. The normalized spacial score (nSPS) is 17.6. The Kier molecular flexibility index (Phi) is 5.02. The summed E-state index contributed by atoms with van der Waals surface area (Å²) >= 11 is 0. The molecule has 4 heteroatoms. The minimum absolute atomic E-state index is 0.118. The van der Waals surface area contributed by atoms with Crippen LogP contribution in [0.25, 0.3) is 10.9 Å². The molecule has 0 radical (unpaired) electrons. The number of rotatable bonds is 6. The predicted molar refractivity (Wildman–Crippen MR) is 105 cm³/mol. The van der Waals surface area contributed by atoms with Gasteiger partial charge in [-0.3, -0.25) is 9.69 Å². The molecule has 26 heavy (non-hydrogen) atoms. The summed E-state index contributed by atoms with van der Waals surface area (Å²) in [4.78, 5) is 18.0. The first-order valence-electron chi connectivity index (χ1n) is 9.42. The number of aromatic amines is 1. The summed E-state index contributed by atoms with van der Waals surface area (Å²) in [5.74, 6) is 0.118. The molecule has 2 N–H and O–H groups in total. The molecule has 0 saturated carbocycles. The predicted octanol–water partition coefficient (Wildman–Crippen LogP) is 3.66. The van der Waals surface area contributed by atoms with Crippen molar-refractivity contribution in [3.8, 4) is 0 Å². The molecule has 134 valence electrons. The first-order chi connectivity index (χ1) is 12.8. The van der Waals surface area contributed by atoms with Gasteiger partial charge >= 0.3 is 0 Å². The van der Waals surface area contributed by atoms with Crippen LogP contribution in [0.5, 0.6) is 0 Å². The van der Waals surface area contributed by atoms with Crippen LogP contribution in [0.2, 0.25) is 0 Å². The van der Waals surface area contributed by atoms with Gasteiger partial charge in [0.15, 0.2) is 0 Å². The van der Waals surface area contributed by atoms with E-state index in [0.717, 1.165) is 31.3 Å². The zero-order valence-electron chi connectivity index (χ0n) is 14.9. The molecule has 1 fully saturated rings. The van der Waals surface area contributed by atoms with Gasteiger partial charge in [-0.1, -0.05) is 48.5 Å². The second-order valence-corrected chi connectivity index (χ2v) is 7.00. The van der Waals surface area contributed by atoms with Crippen molar-refractivity contribution in [2.45, 2.75) is 25.3 Å². The highest BCUT2D eigenvalue weighted by molar-refractivity contribution is 5.83. The molecular formula is C22H25N3O. The Balaban J connectivity index is 1.30. The van der Waals surface area contributed by atoms with Gasteiger partial charge in [0.25, 0.3) is 0 Å². The van der Waals surface area contributed by atoms with Gasteiger partial charge in [-0.25, -0.2) is 0 Å². The Morgan fingerprint density at radius 3 is 2.81 bits per heavy atom. The standard InChI is InChI=1S/C22H25N3O/c26-22(16-25-14-6-11-21(25)17-7-2-1-3-8-17)23-13-12-18-15-24-20-10-5-4-9-19(18)20/h1-5,7-10,15,21,24H,6,11-14,16H2,(H,23,26)/t21-/m1/s1. The van der Waals surface area contributed by atoms with Crippen LogP contribution in [0.3, 0.4) is 0 Å². The smallest absolute Gasteiger partial charge is 0.234 e. The Labute approximate surface area is 154 Å². The summed E-state index contributed by atoms with van der Waals surface area (Å²) < 4.78 is 0. The third kappa shape index (κ3) is 3.65. The number of para-hydroxylation sites is 1. The maximum atomic E-state index is 12.4. The molecule has 1 amide bonds. The van der Waals surface area contributed by atoms with E-state index in [1.807, 2.05) is 18.3 Å². The van der Waals surface area contributed by atoms with Crippen LogP contribution < -0.4 is 5.32 Å². The monoisotopic (exact) mass is 347 g/mol. The summed E-state index contributed by atoms with van der Waals surface area (Å²) in [7, 11) is 0. The van der Waals surface area contributed by atoms with Crippen LogP contribution in [0.4, 0.5) is 0 Å². The summed E-state index contributed by atoms with van der Waals surface area (Å²) in [6.45, 7) is 2.15. The highest BCUT2D eigenvalue weighted by Crippen LogP contribution is 2.31. The lowest BCUT2D eigenvalue weighted by Gasteiger charge is -2.24. The fourth-order valence-corrected chi connectivity index (χ4v) is 3.98. The highest BCUT2D eigenvalue weighted by Gasteiger charge is 2.27. The van der Waals surface area contributed by atoms with E-state index in [1.54, 1.807) is 0 Å². The minimum atomic E-state index is 0.118. The lowest BCUT2D eigenvalue weighted by Crippen LogP contribution is -2.37. The zero-order chi connectivity index (χ0) is 17.8. The molecule has 0 bridgehead atoms. The first kappa shape index (κ1) is 16.9. The van der Waals surface area contributed by atoms with Crippen molar-refractivity contribution in [2.75, 3.05) is 19.6 Å². The Hall–Kier alpha value is -2.59. The summed E-state index contributed by atoms with van der Waals surface area (Å²) in [6, 6.07) is 19.2. The number of fused-ring (bicyclic) bond motifs is 1. The van der Waals surface area contributed by atoms with Gasteiger partial charge in [0.1, 0.15) is 0 Å². The molecule has 2 heterocycles. The van der Waals surface area contributed by atoms with Gasteiger partial charge < -0.3 is 10.3 Å². The van der Waals surface area contributed by atoms with E-state index in [2.05, 4.69) is 57.7 Å². The van der Waals surface area contributed by atoms with E-state index in [4.69, 9.17) is 0 Å². The SMILES string of the molecule is O=C(CN1CCC[C@@H]1c1ccccc1)NCCc1c[nH]c2ccccc12. The van der Waals surface area contributed by atoms with Gasteiger partial charge in [-0.2, -0.15) is 0 Å².